The number of benzene rings is 2. The molecule has 2 N–H and O–H groups in total. The summed E-state index contributed by atoms with van der Waals surface area (Å²) in [5, 5.41) is 12.3. The quantitative estimate of drug-likeness (QED) is 0.505. The topological polar surface area (TPSA) is 83.7 Å². The zero-order chi connectivity index (χ0) is 21.4. The van der Waals surface area contributed by atoms with Gasteiger partial charge in [0.1, 0.15) is 22.9 Å². The lowest BCUT2D eigenvalue weighted by atomic mass is 10.0. The van der Waals surface area contributed by atoms with Crippen LogP contribution in [0, 0.1) is 5.82 Å². The number of pyridine rings is 1. The van der Waals surface area contributed by atoms with Crippen molar-refractivity contribution in [3.05, 3.63) is 82.9 Å². The summed E-state index contributed by atoms with van der Waals surface area (Å²) in [6.07, 6.45) is 1.67. The van der Waals surface area contributed by atoms with Gasteiger partial charge in [-0.05, 0) is 60.2 Å². The van der Waals surface area contributed by atoms with E-state index < -0.39 is 5.97 Å². The summed E-state index contributed by atoms with van der Waals surface area (Å²) in [6, 6.07) is 13.6. The molecule has 0 radical (unpaired) electrons. The molecule has 0 aliphatic rings. The lowest BCUT2D eigenvalue weighted by Crippen LogP contribution is -2.20. The Balaban J connectivity index is 1.95. The van der Waals surface area contributed by atoms with Crippen molar-refractivity contribution < 1.29 is 19.1 Å². The Morgan fingerprint density at radius 3 is 2.43 bits per heavy atom. The number of carbonyl (C=O) groups is 2. The molecule has 2 heterocycles. The zero-order valence-corrected chi connectivity index (χ0v) is 16.4. The molecule has 0 saturated heterocycles. The number of fused-ring (bicyclic) bond motifs is 1. The second-order valence-corrected chi connectivity index (χ2v) is 6.95. The van der Waals surface area contributed by atoms with Crippen LogP contribution in [0.15, 0.2) is 60.8 Å². The van der Waals surface area contributed by atoms with Crippen LogP contribution in [-0.2, 0) is 0 Å². The lowest BCUT2D eigenvalue weighted by Gasteiger charge is -2.08. The van der Waals surface area contributed by atoms with Crippen molar-refractivity contribution in [2.24, 2.45) is 0 Å². The highest BCUT2D eigenvalue weighted by molar-refractivity contribution is 6.33. The Morgan fingerprint density at radius 2 is 1.77 bits per heavy atom. The predicted octanol–water partition coefficient (Wildman–Crippen LogP) is 4.52. The number of halogens is 2. The fraction of sp³-hybridized carbons (Fsp3) is 0.0455. The molecular formula is C22H15ClFN3O3. The number of hydrogen-bond donors (Lipinski definition) is 2. The van der Waals surface area contributed by atoms with Crippen LogP contribution < -0.4 is 5.32 Å². The smallest absolute Gasteiger partial charge is 0.335 e. The van der Waals surface area contributed by atoms with Gasteiger partial charge >= 0.3 is 5.97 Å². The van der Waals surface area contributed by atoms with Gasteiger partial charge in [0.05, 0.1) is 5.56 Å². The summed E-state index contributed by atoms with van der Waals surface area (Å²) in [6.45, 7) is 0. The number of carboxylic acid groups (broad SMARTS) is 1. The van der Waals surface area contributed by atoms with Crippen molar-refractivity contribution in [3.8, 4) is 22.4 Å². The third kappa shape index (κ3) is 3.40. The molecule has 2 aromatic heterocycles. The summed E-state index contributed by atoms with van der Waals surface area (Å²) < 4.78 is 14.9. The van der Waals surface area contributed by atoms with Crippen LogP contribution >= 0.6 is 11.6 Å². The van der Waals surface area contributed by atoms with E-state index in [0.717, 1.165) is 0 Å². The molecule has 0 saturated carbocycles. The Bertz CT molecular complexity index is 1300. The van der Waals surface area contributed by atoms with Crippen LogP contribution in [0.25, 0.3) is 28.0 Å². The molecule has 4 rings (SSSR count). The summed E-state index contributed by atoms with van der Waals surface area (Å²) in [5.74, 6) is -1.83. The summed E-state index contributed by atoms with van der Waals surface area (Å²) in [4.78, 5) is 28.5. The molecule has 0 aliphatic carbocycles. The number of carboxylic acids is 1. The maximum absolute atomic E-state index is 13.3. The minimum absolute atomic E-state index is 0.0960. The maximum Gasteiger partial charge on any atom is 0.335 e. The van der Waals surface area contributed by atoms with Gasteiger partial charge in [0.2, 0.25) is 0 Å². The van der Waals surface area contributed by atoms with E-state index in [1.807, 2.05) is 0 Å². The number of imidazole rings is 1. The summed E-state index contributed by atoms with van der Waals surface area (Å²) in [5.41, 5.74) is 2.98. The normalized spacial score (nSPS) is 10.9. The van der Waals surface area contributed by atoms with Crippen molar-refractivity contribution in [2.75, 3.05) is 7.05 Å². The summed E-state index contributed by atoms with van der Waals surface area (Å²) in [7, 11) is 1.51. The van der Waals surface area contributed by atoms with Gasteiger partial charge in [-0.15, -0.1) is 0 Å². The van der Waals surface area contributed by atoms with Gasteiger partial charge in [-0.1, -0.05) is 11.6 Å². The Kier molecular flexibility index (Phi) is 4.97. The molecule has 0 aliphatic heterocycles. The third-order valence-electron chi connectivity index (χ3n) is 4.70. The van der Waals surface area contributed by atoms with Crippen molar-refractivity contribution in [3.63, 3.8) is 0 Å². The number of amides is 1. The van der Waals surface area contributed by atoms with E-state index in [4.69, 9.17) is 11.6 Å². The van der Waals surface area contributed by atoms with Gasteiger partial charge in [-0.2, -0.15) is 0 Å². The van der Waals surface area contributed by atoms with Crippen LogP contribution in [0.4, 0.5) is 4.39 Å². The first kappa shape index (κ1) is 19.6. The van der Waals surface area contributed by atoms with E-state index in [9.17, 15) is 19.1 Å². The number of nitrogens with zero attached hydrogens (tertiary/aromatic N) is 2. The number of carbonyl (C=O) groups excluding carboxylic acids is 1. The number of hydrogen-bond acceptors (Lipinski definition) is 3. The van der Waals surface area contributed by atoms with Gasteiger partial charge in [-0.3, -0.25) is 9.20 Å². The molecule has 0 fully saturated rings. The van der Waals surface area contributed by atoms with Crippen LogP contribution in [-0.4, -0.2) is 33.4 Å². The molecule has 0 atom stereocenters. The van der Waals surface area contributed by atoms with E-state index >= 15 is 0 Å². The van der Waals surface area contributed by atoms with Crippen molar-refractivity contribution >= 4 is 29.1 Å². The molecule has 0 bridgehead atoms. The standard InChI is InChI=1S/C22H15ClFN3O3/c1-25-21(28)20-19(12-2-6-15(24)7-3-12)26-18-9-5-14(11-27(18)20)16-10-13(22(29)30)4-8-17(16)23/h2-11H,1H3,(H,25,28)(H,29,30). The Labute approximate surface area is 175 Å². The monoisotopic (exact) mass is 423 g/mol. The molecule has 0 unspecified atom stereocenters. The number of aromatic carboxylic acids is 1. The predicted molar refractivity (Wildman–Crippen MR) is 111 cm³/mol. The average Bonchev–Trinajstić information content (AvgIpc) is 3.12. The second-order valence-electron chi connectivity index (χ2n) is 6.54. The zero-order valence-electron chi connectivity index (χ0n) is 15.7. The molecule has 150 valence electrons. The Morgan fingerprint density at radius 1 is 1.07 bits per heavy atom. The molecule has 0 spiro atoms. The first-order chi connectivity index (χ1) is 14.4. The highest BCUT2D eigenvalue weighted by Gasteiger charge is 2.21. The highest BCUT2D eigenvalue weighted by atomic mass is 35.5. The fourth-order valence-corrected chi connectivity index (χ4v) is 3.45. The maximum atomic E-state index is 13.3. The van der Waals surface area contributed by atoms with E-state index in [-0.39, 0.29) is 23.0 Å². The van der Waals surface area contributed by atoms with Crippen LogP contribution in [0.5, 0.6) is 0 Å². The number of rotatable bonds is 4. The van der Waals surface area contributed by atoms with Gasteiger partial charge < -0.3 is 10.4 Å². The first-order valence-corrected chi connectivity index (χ1v) is 9.30. The summed E-state index contributed by atoms with van der Waals surface area (Å²) >= 11 is 6.30. The second kappa shape index (κ2) is 7.61. The molecule has 8 heteroatoms. The van der Waals surface area contributed by atoms with Gasteiger partial charge in [0, 0.05) is 29.4 Å². The van der Waals surface area contributed by atoms with E-state index in [0.29, 0.717) is 33.1 Å². The molecule has 30 heavy (non-hydrogen) atoms. The van der Waals surface area contributed by atoms with Crippen molar-refractivity contribution in [2.45, 2.75) is 0 Å². The Hall–Kier alpha value is -3.71. The number of aromatic nitrogens is 2. The van der Waals surface area contributed by atoms with E-state index in [1.54, 1.807) is 34.9 Å². The SMILES string of the molecule is CNC(=O)c1c(-c2ccc(F)cc2)nc2ccc(-c3cc(C(=O)O)ccc3Cl)cn12. The van der Waals surface area contributed by atoms with Gasteiger partial charge in [-0.25, -0.2) is 14.2 Å². The van der Waals surface area contributed by atoms with Crippen LogP contribution in [0.2, 0.25) is 5.02 Å². The minimum atomic E-state index is -1.07. The van der Waals surface area contributed by atoms with Gasteiger partial charge in [0.25, 0.3) is 5.91 Å². The minimum Gasteiger partial charge on any atom is -0.478 e. The van der Waals surface area contributed by atoms with E-state index in [2.05, 4.69) is 10.3 Å². The van der Waals surface area contributed by atoms with Crippen LogP contribution in [0.1, 0.15) is 20.8 Å². The average molecular weight is 424 g/mol. The number of nitrogens with one attached hydrogen (secondary N) is 1. The largest absolute Gasteiger partial charge is 0.478 e. The highest BCUT2D eigenvalue weighted by Crippen LogP contribution is 2.31. The molecule has 4 aromatic rings. The first-order valence-electron chi connectivity index (χ1n) is 8.92. The molecule has 1 amide bonds. The molecule has 2 aromatic carbocycles. The van der Waals surface area contributed by atoms with E-state index in [1.165, 1.54) is 37.4 Å². The molecular weight excluding hydrogens is 409 g/mol. The third-order valence-corrected chi connectivity index (χ3v) is 5.03. The van der Waals surface area contributed by atoms with Crippen LogP contribution in [0.3, 0.4) is 0 Å². The van der Waals surface area contributed by atoms with Crippen molar-refractivity contribution in [1.29, 1.82) is 0 Å². The fourth-order valence-electron chi connectivity index (χ4n) is 3.23. The van der Waals surface area contributed by atoms with Gasteiger partial charge in [0.15, 0.2) is 0 Å². The molecule has 6 nitrogen and oxygen atoms in total. The lowest BCUT2D eigenvalue weighted by molar-refractivity contribution is 0.0696. The van der Waals surface area contributed by atoms with Crippen molar-refractivity contribution in [1.82, 2.24) is 14.7 Å².